The van der Waals surface area contributed by atoms with Gasteiger partial charge in [-0.2, -0.15) is 11.8 Å². The predicted octanol–water partition coefficient (Wildman–Crippen LogP) is 4.38. The topological polar surface area (TPSA) is 54.5 Å². The average molecular weight is 468 g/mol. The molecule has 1 aliphatic carbocycles. The number of thioether (sulfide) groups is 1. The summed E-state index contributed by atoms with van der Waals surface area (Å²) in [5.41, 5.74) is 3.59. The highest BCUT2D eigenvalue weighted by atomic mass is 32.2. The Balaban J connectivity index is 1.35. The van der Waals surface area contributed by atoms with E-state index in [1.165, 1.54) is 20.8 Å². The maximum atomic E-state index is 12.5. The van der Waals surface area contributed by atoms with Gasteiger partial charge in [0.2, 0.25) is 5.91 Å². The van der Waals surface area contributed by atoms with Crippen molar-refractivity contribution in [3.05, 3.63) is 64.7 Å². The lowest BCUT2D eigenvalue weighted by atomic mass is 9.72. The number of benzene rings is 2. The van der Waals surface area contributed by atoms with Gasteiger partial charge in [0.25, 0.3) is 0 Å². The largest absolute Gasteiger partial charge is 0.378 e. The molecule has 2 aliphatic rings. The maximum absolute atomic E-state index is 12.5. The Morgan fingerprint density at radius 1 is 1.22 bits per heavy atom. The number of fused-ring (bicyclic) bond motifs is 3. The van der Waals surface area contributed by atoms with Crippen LogP contribution in [0.1, 0.15) is 35.0 Å². The van der Waals surface area contributed by atoms with Crippen molar-refractivity contribution in [3.63, 3.8) is 0 Å². The molecule has 168 valence electrons. The molecule has 1 saturated heterocycles. The molecule has 1 fully saturated rings. The second-order valence-electron chi connectivity index (χ2n) is 8.73. The molecule has 3 aromatic rings. The monoisotopic (exact) mass is 467 g/mol. The SMILES string of the molecule is CO[C@H]1[C@H](NC(=O)CSC)c2ccccc2C12CCN(Cc1nc3ccccc3s1)CC2. The van der Waals surface area contributed by atoms with E-state index in [1.54, 1.807) is 30.2 Å². The van der Waals surface area contributed by atoms with Crippen LogP contribution in [-0.2, 0) is 21.5 Å². The minimum atomic E-state index is -0.0911. The van der Waals surface area contributed by atoms with Crippen LogP contribution in [0.5, 0.6) is 0 Å². The first kappa shape index (κ1) is 21.9. The zero-order valence-electron chi connectivity index (χ0n) is 18.5. The quantitative estimate of drug-likeness (QED) is 0.583. The first-order chi connectivity index (χ1) is 15.6. The number of amides is 1. The number of carbonyl (C=O) groups is 1. The highest BCUT2D eigenvalue weighted by Crippen LogP contribution is 2.52. The zero-order valence-corrected chi connectivity index (χ0v) is 20.2. The molecule has 0 radical (unpaired) electrons. The molecule has 5 nitrogen and oxygen atoms in total. The van der Waals surface area contributed by atoms with Crippen molar-refractivity contribution in [3.8, 4) is 0 Å². The Hall–Kier alpha value is -1.93. The van der Waals surface area contributed by atoms with E-state index in [1.807, 2.05) is 12.3 Å². The number of piperidine rings is 1. The molecular weight excluding hydrogens is 438 g/mol. The van der Waals surface area contributed by atoms with Crippen LogP contribution in [0.4, 0.5) is 0 Å². The third kappa shape index (κ3) is 3.85. The van der Waals surface area contributed by atoms with Gasteiger partial charge in [0.1, 0.15) is 5.01 Å². The number of carbonyl (C=O) groups excluding carboxylic acids is 1. The Bertz CT molecular complexity index is 1070. The normalized spacial score (nSPS) is 22.3. The van der Waals surface area contributed by atoms with Crippen LogP contribution < -0.4 is 5.32 Å². The first-order valence-electron chi connectivity index (χ1n) is 11.1. The summed E-state index contributed by atoms with van der Waals surface area (Å²) < 4.78 is 7.38. The summed E-state index contributed by atoms with van der Waals surface area (Å²) in [6, 6.07) is 16.9. The first-order valence-corrected chi connectivity index (χ1v) is 13.3. The lowest BCUT2D eigenvalue weighted by Gasteiger charge is -2.44. The van der Waals surface area contributed by atoms with Gasteiger partial charge in [-0.25, -0.2) is 4.98 Å². The van der Waals surface area contributed by atoms with Crippen LogP contribution in [0, 0.1) is 0 Å². The molecule has 2 atom stereocenters. The number of ether oxygens (including phenoxy) is 1. The summed E-state index contributed by atoms with van der Waals surface area (Å²) in [7, 11) is 1.79. The van der Waals surface area contributed by atoms with Gasteiger partial charge in [-0.3, -0.25) is 9.69 Å². The predicted molar refractivity (Wildman–Crippen MR) is 132 cm³/mol. The van der Waals surface area contributed by atoms with Crippen molar-refractivity contribution >= 4 is 39.2 Å². The lowest BCUT2D eigenvalue weighted by molar-refractivity contribution is -0.121. The zero-order chi connectivity index (χ0) is 22.1. The maximum Gasteiger partial charge on any atom is 0.230 e. The fraction of sp³-hybridized carbons (Fsp3) is 0.440. The number of likely N-dealkylation sites (tertiary alicyclic amines) is 1. The smallest absolute Gasteiger partial charge is 0.230 e. The van der Waals surface area contributed by atoms with Crippen molar-refractivity contribution < 1.29 is 9.53 Å². The standard InChI is InChI=1S/C25H29N3O2S2/c1-30-24-23(27-21(29)16-31-2)17-7-3-4-8-18(17)25(24)11-13-28(14-12-25)15-22-26-19-9-5-6-10-20(19)32-22/h3-10,23-24H,11-16H2,1-2H3,(H,27,29)/t23-,24+/m1/s1. The Kier molecular flexibility index (Phi) is 6.25. The van der Waals surface area contributed by atoms with E-state index < -0.39 is 0 Å². The van der Waals surface area contributed by atoms with Crippen LogP contribution >= 0.6 is 23.1 Å². The summed E-state index contributed by atoms with van der Waals surface area (Å²) in [6.07, 6.45) is 3.94. The Morgan fingerprint density at radius 3 is 2.72 bits per heavy atom. The molecule has 0 bridgehead atoms. The molecule has 2 heterocycles. The van der Waals surface area contributed by atoms with Gasteiger partial charge in [0.15, 0.2) is 0 Å². The third-order valence-corrected chi connectivity index (χ3v) is 8.54. The second-order valence-corrected chi connectivity index (χ2v) is 10.7. The summed E-state index contributed by atoms with van der Waals surface area (Å²) >= 11 is 3.34. The van der Waals surface area contributed by atoms with Gasteiger partial charge in [0.05, 0.1) is 34.7 Å². The van der Waals surface area contributed by atoms with Crippen LogP contribution in [0.3, 0.4) is 0 Å². The molecule has 1 aromatic heterocycles. The number of thiazole rings is 1. The van der Waals surface area contributed by atoms with Gasteiger partial charge in [-0.05, 0) is 55.4 Å². The number of rotatable bonds is 6. The average Bonchev–Trinajstić information content (AvgIpc) is 3.32. The molecule has 1 aliphatic heterocycles. The molecule has 0 saturated carbocycles. The summed E-state index contributed by atoms with van der Waals surface area (Å²) in [5.74, 6) is 0.544. The summed E-state index contributed by atoms with van der Waals surface area (Å²) in [5, 5.41) is 4.45. The van der Waals surface area contributed by atoms with E-state index in [0.717, 1.165) is 38.0 Å². The number of nitrogens with zero attached hydrogens (tertiary/aromatic N) is 2. The molecule has 0 unspecified atom stereocenters. The number of aromatic nitrogens is 1. The van der Waals surface area contributed by atoms with Gasteiger partial charge in [-0.15, -0.1) is 11.3 Å². The lowest BCUT2D eigenvalue weighted by Crippen LogP contribution is -2.50. The van der Waals surface area contributed by atoms with E-state index in [0.29, 0.717) is 5.75 Å². The number of methoxy groups -OCH3 is 1. The minimum absolute atomic E-state index is 0.0460. The van der Waals surface area contributed by atoms with Crippen LogP contribution in [0.25, 0.3) is 10.2 Å². The Morgan fingerprint density at radius 2 is 1.97 bits per heavy atom. The van der Waals surface area contributed by atoms with Gasteiger partial charge in [-0.1, -0.05) is 36.4 Å². The molecule has 1 N–H and O–H groups in total. The third-order valence-electron chi connectivity index (χ3n) is 6.97. The van der Waals surface area contributed by atoms with E-state index >= 15 is 0 Å². The highest BCUT2D eigenvalue weighted by Gasteiger charge is 2.53. The van der Waals surface area contributed by atoms with Gasteiger partial charge < -0.3 is 10.1 Å². The van der Waals surface area contributed by atoms with E-state index in [4.69, 9.17) is 9.72 Å². The summed E-state index contributed by atoms with van der Waals surface area (Å²) in [4.78, 5) is 19.8. The molecule has 7 heteroatoms. The number of nitrogens with one attached hydrogen (secondary N) is 1. The molecule has 1 amide bonds. The van der Waals surface area contributed by atoms with Crippen LogP contribution in [0.15, 0.2) is 48.5 Å². The van der Waals surface area contributed by atoms with E-state index in [2.05, 4.69) is 52.7 Å². The molecule has 5 rings (SSSR count). The van der Waals surface area contributed by atoms with Crippen molar-refractivity contribution in [1.82, 2.24) is 15.2 Å². The Labute approximate surface area is 197 Å². The number of hydrogen-bond donors (Lipinski definition) is 1. The number of hydrogen-bond acceptors (Lipinski definition) is 6. The highest BCUT2D eigenvalue weighted by molar-refractivity contribution is 7.99. The summed E-state index contributed by atoms with van der Waals surface area (Å²) in [6.45, 7) is 2.88. The van der Waals surface area contributed by atoms with Crippen molar-refractivity contribution in [1.29, 1.82) is 0 Å². The molecular formula is C25H29N3O2S2. The fourth-order valence-electron chi connectivity index (χ4n) is 5.56. The molecule has 1 spiro atoms. The van der Waals surface area contributed by atoms with E-state index in [-0.39, 0.29) is 23.5 Å². The van der Waals surface area contributed by atoms with Gasteiger partial charge in [0, 0.05) is 12.5 Å². The minimum Gasteiger partial charge on any atom is -0.378 e. The van der Waals surface area contributed by atoms with Crippen LogP contribution in [0.2, 0.25) is 0 Å². The van der Waals surface area contributed by atoms with Crippen molar-refractivity contribution in [2.75, 3.05) is 32.2 Å². The van der Waals surface area contributed by atoms with E-state index in [9.17, 15) is 4.79 Å². The molecule has 2 aromatic carbocycles. The van der Waals surface area contributed by atoms with Gasteiger partial charge >= 0.3 is 0 Å². The van der Waals surface area contributed by atoms with Crippen LogP contribution in [-0.4, -0.2) is 54.1 Å². The molecule has 32 heavy (non-hydrogen) atoms. The fourth-order valence-corrected chi connectivity index (χ4v) is 6.92. The van der Waals surface area contributed by atoms with Crippen molar-refractivity contribution in [2.45, 2.75) is 36.9 Å². The van der Waals surface area contributed by atoms with Crippen molar-refractivity contribution in [2.24, 2.45) is 0 Å². The second kappa shape index (κ2) is 9.14. The number of para-hydroxylation sites is 1.